The van der Waals surface area contributed by atoms with E-state index in [1.807, 2.05) is 31.2 Å². The van der Waals surface area contributed by atoms with Gasteiger partial charge in [-0.05, 0) is 41.6 Å². The van der Waals surface area contributed by atoms with E-state index in [0.717, 1.165) is 18.1 Å². The second-order valence-electron chi connectivity index (χ2n) is 4.26. The van der Waals surface area contributed by atoms with Crippen LogP contribution in [0.5, 0.6) is 5.75 Å². The maximum atomic E-state index is 5.68. The molecule has 2 rings (SSSR count). The molecule has 0 radical (unpaired) electrons. The zero-order chi connectivity index (χ0) is 13.5. The van der Waals surface area contributed by atoms with E-state index >= 15 is 0 Å². The number of hydrogen-bond acceptors (Lipinski definition) is 5. The standard InChI is InChI=1S/C13H19N5O/c1-3-14-10-13-15-16-17-18(13)7-8-19-12-6-4-5-11(2)9-12/h4-6,9,14H,3,7-8,10H2,1-2H3. The summed E-state index contributed by atoms with van der Waals surface area (Å²) < 4.78 is 7.45. The van der Waals surface area contributed by atoms with E-state index in [9.17, 15) is 0 Å². The van der Waals surface area contributed by atoms with Gasteiger partial charge >= 0.3 is 0 Å². The van der Waals surface area contributed by atoms with Crippen LogP contribution in [-0.4, -0.2) is 33.4 Å². The van der Waals surface area contributed by atoms with Gasteiger partial charge in [0, 0.05) is 0 Å². The molecule has 2 aromatic rings. The van der Waals surface area contributed by atoms with E-state index in [1.54, 1.807) is 4.68 Å². The molecule has 0 amide bonds. The summed E-state index contributed by atoms with van der Waals surface area (Å²) in [4.78, 5) is 0. The van der Waals surface area contributed by atoms with Crippen molar-refractivity contribution in [3.8, 4) is 5.75 Å². The minimum atomic E-state index is 0.549. The molecule has 1 aromatic carbocycles. The van der Waals surface area contributed by atoms with Crippen LogP contribution in [0.15, 0.2) is 24.3 Å². The number of ether oxygens (including phenoxy) is 1. The topological polar surface area (TPSA) is 64.9 Å². The molecule has 1 heterocycles. The molecule has 1 N–H and O–H groups in total. The molecule has 0 aliphatic heterocycles. The Balaban J connectivity index is 1.84. The number of aromatic nitrogens is 4. The molecular weight excluding hydrogens is 242 g/mol. The molecule has 0 atom stereocenters. The fourth-order valence-corrected chi connectivity index (χ4v) is 1.72. The van der Waals surface area contributed by atoms with Gasteiger partial charge in [0.05, 0.1) is 13.1 Å². The van der Waals surface area contributed by atoms with Gasteiger partial charge in [0.2, 0.25) is 0 Å². The molecule has 6 nitrogen and oxygen atoms in total. The maximum Gasteiger partial charge on any atom is 0.165 e. The summed E-state index contributed by atoms with van der Waals surface area (Å²) in [7, 11) is 0. The second kappa shape index (κ2) is 6.84. The lowest BCUT2D eigenvalue weighted by Crippen LogP contribution is -2.19. The van der Waals surface area contributed by atoms with Crippen LogP contribution in [0, 0.1) is 6.92 Å². The first-order chi connectivity index (χ1) is 9.29. The van der Waals surface area contributed by atoms with E-state index < -0.39 is 0 Å². The van der Waals surface area contributed by atoms with Crippen LogP contribution >= 0.6 is 0 Å². The first-order valence-corrected chi connectivity index (χ1v) is 6.45. The Morgan fingerprint density at radius 2 is 2.26 bits per heavy atom. The first-order valence-electron chi connectivity index (χ1n) is 6.45. The van der Waals surface area contributed by atoms with Crippen molar-refractivity contribution in [2.24, 2.45) is 0 Å². The van der Waals surface area contributed by atoms with Crippen molar-refractivity contribution in [2.75, 3.05) is 13.2 Å². The maximum absolute atomic E-state index is 5.68. The van der Waals surface area contributed by atoms with Crippen LogP contribution in [0.4, 0.5) is 0 Å². The predicted octanol–water partition coefficient (Wildman–Crippen LogP) is 1.17. The van der Waals surface area contributed by atoms with Gasteiger partial charge < -0.3 is 10.1 Å². The molecule has 0 fully saturated rings. The molecular formula is C13H19N5O. The largest absolute Gasteiger partial charge is 0.492 e. The highest BCUT2D eigenvalue weighted by Gasteiger charge is 2.05. The Bertz CT molecular complexity index is 511. The Labute approximate surface area is 112 Å². The fraction of sp³-hybridized carbons (Fsp3) is 0.462. The molecule has 19 heavy (non-hydrogen) atoms. The van der Waals surface area contributed by atoms with Gasteiger partial charge in [-0.25, -0.2) is 4.68 Å². The Hall–Kier alpha value is -1.95. The molecule has 6 heteroatoms. The van der Waals surface area contributed by atoms with Crippen LogP contribution in [0.3, 0.4) is 0 Å². The number of nitrogens with one attached hydrogen (secondary N) is 1. The SMILES string of the molecule is CCNCc1nnnn1CCOc1cccc(C)c1. The molecule has 0 unspecified atom stereocenters. The number of tetrazole rings is 1. The van der Waals surface area contributed by atoms with Crippen LogP contribution in [0.25, 0.3) is 0 Å². The summed E-state index contributed by atoms with van der Waals surface area (Å²) in [5.74, 6) is 1.70. The van der Waals surface area contributed by atoms with Crippen molar-refractivity contribution in [1.82, 2.24) is 25.5 Å². The number of benzene rings is 1. The quantitative estimate of drug-likeness (QED) is 0.810. The van der Waals surface area contributed by atoms with Crippen LogP contribution < -0.4 is 10.1 Å². The molecule has 0 saturated carbocycles. The monoisotopic (exact) mass is 261 g/mol. The lowest BCUT2D eigenvalue weighted by molar-refractivity contribution is 0.286. The highest BCUT2D eigenvalue weighted by atomic mass is 16.5. The third kappa shape index (κ3) is 4.03. The van der Waals surface area contributed by atoms with Gasteiger partial charge in [-0.1, -0.05) is 19.1 Å². The summed E-state index contributed by atoms with van der Waals surface area (Å²) in [5, 5.41) is 14.8. The van der Waals surface area contributed by atoms with Crippen LogP contribution in [0.2, 0.25) is 0 Å². The Morgan fingerprint density at radius 3 is 3.05 bits per heavy atom. The van der Waals surface area contributed by atoms with E-state index in [4.69, 9.17) is 4.74 Å². The summed E-state index contributed by atoms with van der Waals surface area (Å²) in [6.07, 6.45) is 0. The Kier molecular flexibility index (Phi) is 4.85. The van der Waals surface area contributed by atoms with Crippen molar-refractivity contribution in [3.63, 3.8) is 0 Å². The van der Waals surface area contributed by atoms with E-state index in [-0.39, 0.29) is 0 Å². The van der Waals surface area contributed by atoms with Gasteiger partial charge in [0.1, 0.15) is 12.4 Å². The molecule has 102 valence electrons. The summed E-state index contributed by atoms with van der Waals surface area (Å²) in [5.41, 5.74) is 1.19. The van der Waals surface area contributed by atoms with E-state index in [1.165, 1.54) is 5.56 Å². The number of aryl methyl sites for hydroxylation is 1. The average Bonchev–Trinajstić information content (AvgIpc) is 2.84. The molecule has 1 aromatic heterocycles. The highest BCUT2D eigenvalue weighted by Crippen LogP contribution is 2.12. The minimum Gasteiger partial charge on any atom is -0.492 e. The van der Waals surface area contributed by atoms with Gasteiger partial charge in [0.25, 0.3) is 0 Å². The van der Waals surface area contributed by atoms with Gasteiger partial charge in [-0.15, -0.1) is 5.10 Å². The van der Waals surface area contributed by atoms with E-state index in [0.29, 0.717) is 19.7 Å². The predicted molar refractivity (Wildman–Crippen MR) is 71.9 cm³/mol. The van der Waals surface area contributed by atoms with Gasteiger partial charge in [-0.3, -0.25) is 0 Å². The normalized spacial score (nSPS) is 10.6. The van der Waals surface area contributed by atoms with Crippen LogP contribution in [-0.2, 0) is 13.1 Å². The summed E-state index contributed by atoms with van der Waals surface area (Å²) >= 11 is 0. The van der Waals surface area contributed by atoms with Gasteiger partial charge in [0.15, 0.2) is 5.82 Å². The molecule has 0 saturated heterocycles. The van der Waals surface area contributed by atoms with Crippen molar-refractivity contribution < 1.29 is 4.74 Å². The zero-order valence-corrected chi connectivity index (χ0v) is 11.3. The van der Waals surface area contributed by atoms with E-state index in [2.05, 4.69) is 27.8 Å². The van der Waals surface area contributed by atoms with Gasteiger partial charge in [-0.2, -0.15) is 0 Å². The van der Waals surface area contributed by atoms with Crippen molar-refractivity contribution in [1.29, 1.82) is 0 Å². The lowest BCUT2D eigenvalue weighted by Gasteiger charge is -2.08. The smallest absolute Gasteiger partial charge is 0.165 e. The highest BCUT2D eigenvalue weighted by molar-refractivity contribution is 5.27. The van der Waals surface area contributed by atoms with Crippen LogP contribution in [0.1, 0.15) is 18.3 Å². The Morgan fingerprint density at radius 1 is 1.37 bits per heavy atom. The molecule has 0 aliphatic carbocycles. The fourth-order valence-electron chi connectivity index (χ4n) is 1.72. The first kappa shape index (κ1) is 13.5. The lowest BCUT2D eigenvalue weighted by atomic mass is 10.2. The second-order valence-corrected chi connectivity index (χ2v) is 4.26. The molecule has 0 aliphatic rings. The number of hydrogen-bond donors (Lipinski definition) is 1. The third-order valence-electron chi connectivity index (χ3n) is 2.70. The molecule has 0 bridgehead atoms. The average molecular weight is 261 g/mol. The number of nitrogens with zero attached hydrogens (tertiary/aromatic N) is 4. The third-order valence-corrected chi connectivity index (χ3v) is 2.70. The van der Waals surface area contributed by atoms with Crippen molar-refractivity contribution in [2.45, 2.75) is 26.9 Å². The number of rotatable bonds is 7. The summed E-state index contributed by atoms with van der Waals surface area (Å²) in [6, 6.07) is 7.99. The van der Waals surface area contributed by atoms with Crippen molar-refractivity contribution >= 4 is 0 Å². The minimum absolute atomic E-state index is 0.549. The van der Waals surface area contributed by atoms with Crippen molar-refractivity contribution in [3.05, 3.63) is 35.7 Å². The zero-order valence-electron chi connectivity index (χ0n) is 11.3. The summed E-state index contributed by atoms with van der Waals surface area (Å²) in [6.45, 7) is 6.85. The molecule has 0 spiro atoms.